The summed E-state index contributed by atoms with van der Waals surface area (Å²) in [4.78, 5) is 23.8. The van der Waals surface area contributed by atoms with Crippen LogP contribution in [0.2, 0.25) is 0 Å². The Hall–Kier alpha value is -1.84. The van der Waals surface area contributed by atoms with Crippen molar-refractivity contribution in [1.82, 2.24) is 5.32 Å². The van der Waals surface area contributed by atoms with E-state index in [-0.39, 0.29) is 17.2 Å². The van der Waals surface area contributed by atoms with E-state index in [1.807, 2.05) is 6.07 Å². The van der Waals surface area contributed by atoms with E-state index in [4.69, 9.17) is 0 Å². The van der Waals surface area contributed by atoms with Gasteiger partial charge in [0.25, 0.3) is 0 Å². The molecule has 0 aromatic heterocycles. The minimum absolute atomic E-state index is 0.0840. The van der Waals surface area contributed by atoms with Crippen LogP contribution in [0.4, 0.5) is 0 Å². The summed E-state index contributed by atoms with van der Waals surface area (Å²) >= 11 is 0. The van der Waals surface area contributed by atoms with Crippen molar-refractivity contribution in [2.45, 2.75) is 45.6 Å². The van der Waals surface area contributed by atoms with Crippen LogP contribution < -0.4 is 5.32 Å². The summed E-state index contributed by atoms with van der Waals surface area (Å²) in [6.45, 7) is 4.33. The first-order chi connectivity index (χ1) is 9.89. The van der Waals surface area contributed by atoms with Crippen LogP contribution in [-0.4, -0.2) is 17.0 Å². The average Bonchev–Trinajstić information content (AvgIpc) is 2.44. The van der Waals surface area contributed by atoms with Crippen molar-refractivity contribution < 1.29 is 14.7 Å². The summed E-state index contributed by atoms with van der Waals surface area (Å²) in [5.41, 5.74) is 0.763. The molecule has 2 atom stereocenters. The lowest BCUT2D eigenvalue weighted by Gasteiger charge is -2.34. The number of hydrogen-bond donors (Lipinski definition) is 2. The molecule has 1 aliphatic carbocycles. The van der Waals surface area contributed by atoms with Crippen LogP contribution in [0.5, 0.6) is 0 Å². The summed E-state index contributed by atoms with van der Waals surface area (Å²) in [5, 5.41) is 12.1. The fraction of sp³-hybridized carbons (Fsp3) is 0.529. The second-order valence-corrected chi connectivity index (χ2v) is 6.65. The van der Waals surface area contributed by atoms with Gasteiger partial charge in [-0.3, -0.25) is 4.79 Å². The molecule has 1 fully saturated rings. The first-order valence-corrected chi connectivity index (χ1v) is 7.47. The minimum Gasteiger partial charge on any atom is -0.479 e. The normalized spacial score (nSPS) is 22.3. The summed E-state index contributed by atoms with van der Waals surface area (Å²) in [5.74, 6) is -1.25. The van der Waals surface area contributed by atoms with Gasteiger partial charge in [0, 0.05) is 5.92 Å². The summed E-state index contributed by atoms with van der Waals surface area (Å²) in [6.07, 6.45) is 3.81. The van der Waals surface area contributed by atoms with Crippen molar-refractivity contribution in [3.63, 3.8) is 0 Å². The SMILES string of the molecule is CC1(C)CCCC(C(=O)NC(C(=O)O)c2ccccc2)C1. The molecule has 0 bridgehead atoms. The fourth-order valence-corrected chi connectivity index (χ4v) is 3.12. The predicted octanol–water partition coefficient (Wildman–Crippen LogP) is 3.14. The molecule has 2 N–H and O–H groups in total. The van der Waals surface area contributed by atoms with Crippen LogP contribution in [-0.2, 0) is 9.59 Å². The molecule has 1 aromatic carbocycles. The Balaban J connectivity index is 2.07. The van der Waals surface area contributed by atoms with E-state index in [1.165, 1.54) is 0 Å². The molecule has 0 spiro atoms. The highest BCUT2D eigenvalue weighted by Crippen LogP contribution is 2.38. The zero-order valence-corrected chi connectivity index (χ0v) is 12.6. The van der Waals surface area contributed by atoms with Crippen molar-refractivity contribution in [3.05, 3.63) is 35.9 Å². The van der Waals surface area contributed by atoms with E-state index >= 15 is 0 Å². The predicted molar refractivity (Wildman–Crippen MR) is 80.7 cm³/mol. The Bertz CT molecular complexity index is 510. The summed E-state index contributed by atoms with van der Waals surface area (Å²) < 4.78 is 0. The van der Waals surface area contributed by atoms with Crippen molar-refractivity contribution in [3.8, 4) is 0 Å². The van der Waals surface area contributed by atoms with E-state index in [0.29, 0.717) is 5.56 Å². The van der Waals surface area contributed by atoms with Gasteiger partial charge in [0.15, 0.2) is 6.04 Å². The highest BCUT2D eigenvalue weighted by atomic mass is 16.4. The van der Waals surface area contributed by atoms with Crippen molar-refractivity contribution >= 4 is 11.9 Å². The molecule has 1 saturated carbocycles. The zero-order valence-electron chi connectivity index (χ0n) is 12.6. The van der Waals surface area contributed by atoms with Gasteiger partial charge in [0.2, 0.25) is 5.91 Å². The number of benzene rings is 1. The van der Waals surface area contributed by atoms with Crippen molar-refractivity contribution in [2.24, 2.45) is 11.3 Å². The first kappa shape index (κ1) is 15.5. The van der Waals surface area contributed by atoms with E-state index in [0.717, 1.165) is 25.7 Å². The van der Waals surface area contributed by atoms with Crippen LogP contribution in [0.25, 0.3) is 0 Å². The number of aliphatic carboxylic acids is 1. The lowest BCUT2D eigenvalue weighted by molar-refractivity contribution is -0.143. The van der Waals surface area contributed by atoms with Gasteiger partial charge in [-0.25, -0.2) is 4.79 Å². The zero-order chi connectivity index (χ0) is 15.5. The van der Waals surface area contributed by atoms with Gasteiger partial charge < -0.3 is 10.4 Å². The number of carboxylic acids is 1. The Labute approximate surface area is 125 Å². The molecule has 2 unspecified atom stereocenters. The lowest BCUT2D eigenvalue weighted by Crippen LogP contribution is -2.40. The van der Waals surface area contributed by atoms with E-state index in [1.54, 1.807) is 24.3 Å². The van der Waals surface area contributed by atoms with Crippen LogP contribution in [0.3, 0.4) is 0 Å². The van der Waals surface area contributed by atoms with Gasteiger partial charge in [-0.1, -0.05) is 50.6 Å². The third-order valence-electron chi connectivity index (χ3n) is 4.24. The van der Waals surface area contributed by atoms with Gasteiger partial charge >= 0.3 is 5.97 Å². The van der Waals surface area contributed by atoms with Gasteiger partial charge in [0.05, 0.1) is 0 Å². The monoisotopic (exact) mass is 289 g/mol. The summed E-state index contributed by atoms with van der Waals surface area (Å²) in [7, 11) is 0. The number of amides is 1. The largest absolute Gasteiger partial charge is 0.479 e. The van der Waals surface area contributed by atoms with E-state index in [2.05, 4.69) is 19.2 Å². The van der Waals surface area contributed by atoms with Crippen LogP contribution >= 0.6 is 0 Å². The topological polar surface area (TPSA) is 66.4 Å². The quantitative estimate of drug-likeness (QED) is 0.894. The van der Waals surface area contributed by atoms with Crippen LogP contribution in [0.1, 0.15) is 51.1 Å². The first-order valence-electron chi connectivity index (χ1n) is 7.47. The highest BCUT2D eigenvalue weighted by molar-refractivity contribution is 5.85. The molecule has 0 heterocycles. The molecule has 1 amide bonds. The molecule has 4 heteroatoms. The third kappa shape index (κ3) is 4.06. The molecular formula is C17H23NO3. The number of rotatable bonds is 4. The van der Waals surface area contributed by atoms with E-state index < -0.39 is 12.0 Å². The molecule has 21 heavy (non-hydrogen) atoms. The second-order valence-electron chi connectivity index (χ2n) is 6.65. The highest BCUT2D eigenvalue weighted by Gasteiger charge is 2.33. The maximum Gasteiger partial charge on any atom is 0.330 e. The smallest absolute Gasteiger partial charge is 0.330 e. The fourth-order valence-electron chi connectivity index (χ4n) is 3.12. The maximum atomic E-state index is 12.4. The minimum atomic E-state index is -1.02. The molecule has 0 radical (unpaired) electrons. The average molecular weight is 289 g/mol. The number of carbonyl (C=O) groups is 2. The molecule has 114 valence electrons. The number of carbonyl (C=O) groups excluding carboxylic acids is 1. The summed E-state index contributed by atoms with van der Waals surface area (Å²) in [6, 6.07) is 7.87. The maximum absolute atomic E-state index is 12.4. The van der Waals surface area contributed by atoms with Crippen LogP contribution in [0.15, 0.2) is 30.3 Å². The molecule has 1 aromatic rings. The number of nitrogens with one attached hydrogen (secondary N) is 1. The Morgan fingerprint density at radius 3 is 2.52 bits per heavy atom. The van der Waals surface area contributed by atoms with Crippen molar-refractivity contribution in [2.75, 3.05) is 0 Å². The number of hydrogen-bond acceptors (Lipinski definition) is 2. The van der Waals surface area contributed by atoms with E-state index in [9.17, 15) is 14.7 Å². The lowest BCUT2D eigenvalue weighted by atomic mass is 9.72. The van der Waals surface area contributed by atoms with Crippen molar-refractivity contribution in [1.29, 1.82) is 0 Å². The molecule has 0 aliphatic heterocycles. The molecule has 1 aliphatic rings. The Kier molecular flexibility index (Phi) is 4.66. The standard InChI is InChI=1S/C17H23NO3/c1-17(2)10-6-9-13(11-17)15(19)18-14(16(20)21)12-7-4-3-5-8-12/h3-5,7-8,13-14H,6,9-11H2,1-2H3,(H,18,19)(H,20,21). The molecule has 4 nitrogen and oxygen atoms in total. The molecular weight excluding hydrogens is 266 g/mol. The number of carboxylic acid groups (broad SMARTS) is 1. The van der Waals surface area contributed by atoms with Crippen LogP contribution in [0, 0.1) is 11.3 Å². The van der Waals surface area contributed by atoms with Gasteiger partial charge in [-0.05, 0) is 30.2 Å². The van der Waals surface area contributed by atoms with Gasteiger partial charge in [-0.2, -0.15) is 0 Å². The third-order valence-corrected chi connectivity index (χ3v) is 4.24. The second kappa shape index (κ2) is 6.29. The molecule has 2 rings (SSSR count). The van der Waals surface area contributed by atoms with Gasteiger partial charge in [-0.15, -0.1) is 0 Å². The van der Waals surface area contributed by atoms with Gasteiger partial charge in [0.1, 0.15) is 0 Å². The molecule has 0 saturated heterocycles. The Morgan fingerprint density at radius 1 is 1.29 bits per heavy atom. The Morgan fingerprint density at radius 2 is 1.95 bits per heavy atom.